The highest BCUT2D eigenvalue weighted by molar-refractivity contribution is 7.90. The van der Waals surface area contributed by atoms with E-state index >= 15 is 0 Å². The van der Waals surface area contributed by atoms with Crippen molar-refractivity contribution in [2.75, 3.05) is 33.0 Å². The van der Waals surface area contributed by atoms with Gasteiger partial charge >= 0.3 is 0 Å². The molecule has 2 aromatic carbocycles. The molecule has 0 bridgehead atoms. The number of carbonyl (C=O) groups excluding carboxylic acids is 1. The number of sulfone groups is 1. The van der Waals surface area contributed by atoms with Crippen molar-refractivity contribution in [2.45, 2.75) is 24.8 Å². The summed E-state index contributed by atoms with van der Waals surface area (Å²) in [5, 5.41) is 2.97. The Labute approximate surface area is 167 Å². The van der Waals surface area contributed by atoms with Crippen molar-refractivity contribution in [3.63, 3.8) is 0 Å². The molecule has 6 nitrogen and oxygen atoms in total. The molecule has 0 spiro atoms. The van der Waals surface area contributed by atoms with E-state index in [1.807, 2.05) is 24.3 Å². The Morgan fingerprint density at radius 1 is 1.11 bits per heavy atom. The Morgan fingerprint density at radius 3 is 2.29 bits per heavy atom. The highest BCUT2D eigenvalue weighted by Gasteiger charge is 2.20. The number of likely N-dealkylation sites (N-methyl/N-ethyl adjacent to an activating group) is 1. The number of carbonyl (C=O) groups is 1. The second kappa shape index (κ2) is 9.71. The quantitative estimate of drug-likeness (QED) is 0.695. The number of hydrogen-bond acceptors (Lipinski definition) is 5. The van der Waals surface area contributed by atoms with E-state index < -0.39 is 9.84 Å². The molecule has 2 rings (SSSR count). The minimum Gasteiger partial charge on any atom is -0.497 e. The molecule has 152 valence electrons. The Balaban J connectivity index is 2.17. The van der Waals surface area contributed by atoms with Crippen LogP contribution in [0, 0.1) is 0 Å². The van der Waals surface area contributed by atoms with Crippen LogP contribution < -0.4 is 10.1 Å². The summed E-state index contributed by atoms with van der Waals surface area (Å²) in [6.45, 7) is 6.29. The monoisotopic (exact) mass is 404 g/mol. The first-order valence-corrected chi connectivity index (χ1v) is 11.2. The summed E-state index contributed by atoms with van der Waals surface area (Å²) in [7, 11) is -1.65. The first kappa shape index (κ1) is 21.9. The van der Waals surface area contributed by atoms with Crippen LogP contribution in [0.15, 0.2) is 53.4 Å². The SMILES string of the molecule is CCN(CC)C(CNC(=O)c1ccc(S(C)(=O)=O)cc1)c1cccc(OC)c1. The maximum absolute atomic E-state index is 12.6. The van der Waals surface area contributed by atoms with Gasteiger partial charge in [0.25, 0.3) is 5.91 Å². The average molecular weight is 405 g/mol. The fourth-order valence-electron chi connectivity index (χ4n) is 3.12. The summed E-state index contributed by atoms with van der Waals surface area (Å²) in [5.74, 6) is 0.539. The Kier molecular flexibility index (Phi) is 7.60. The summed E-state index contributed by atoms with van der Waals surface area (Å²) >= 11 is 0. The number of hydrogen-bond donors (Lipinski definition) is 1. The molecule has 1 unspecified atom stereocenters. The zero-order chi connectivity index (χ0) is 20.7. The van der Waals surface area contributed by atoms with Crippen molar-refractivity contribution in [1.82, 2.24) is 10.2 Å². The molecule has 1 atom stereocenters. The lowest BCUT2D eigenvalue weighted by Gasteiger charge is -2.30. The van der Waals surface area contributed by atoms with Crippen molar-refractivity contribution in [3.05, 3.63) is 59.7 Å². The fraction of sp³-hybridized carbons (Fsp3) is 0.381. The normalized spacial score (nSPS) is 12.6. The van der Waals surface area contributed by atoms with Gasteiger partial charge in [0.15, 0.2) is 9.84 Å². The molecule has 0 aliphatic carbocycles. The lowest BCUT2D eigenvalue weighted by Crippen LogP contribution is -2.38. The second-order valence-corrected chi connectivity index (χ2v) is 8.54. The van der Waals surface area contributed by atoms with E-state index in [1.165, 1.54) is 24.3 Å². The van der Waals surface area contributed by atoms with Crippen molar-refractivity contribution in [1.29, 1.82) is 0 Å². The van der Waals surface area contributed by atoms with Crippen LogP contribution in [0.25, 0.3) is 0 Å². The second-order valence-electron chi connectivity index (χ2n) is 6.52. The number of amides is 1. The molecule has 28 heavy (non-hydrogen) atoms. The zero-order valence-corrected chi connectivity index (χ0v) is 17.6. The molecular formula is C21H28N2O4S. The molecule has 0 saturated carbocycles. The third kappa shape index (κ3) is 5.56. The van der Waals surface area contributed by atoms with Crippen LogP contribution >= 0.6 is 0 Å². The minimum atomic E-state index is -3.28. The van der Waals surface area contributed by atoms with Gasteiger partial charge < -0.3 is 10.1 Å². The molecule has 1 amide bonds. The van der Waals surface area contributed by atoms with Crippen molar-refractivity contribution in [2.24, 2.45) is 0 Å². The van der Waals surface area contributed by atoms with Crippen LogP contribution in [-0.2, 0) is 9.84 Å². The van der Waals surface area contributed by atoms with Gasteiger partial charge in [0.05, 0.1) is 18.0 Å². The summed E-state index contributed by atoms with van der Waals surface area (Å²) < 4.78 is 28.5. The van der Waals surface area contributed by atoms with Crippen LogP contribution in [-0.4, -0.2) is 52.2 Å². The number of rotatable bonds is 9. The lowest BCUT2D eigenvalue weighted by atomic mass is 10.0. The number of nitrogens with one attached hydrogen (secondary N) is 1. The highest BCUT2D eigenvalue weighted by atomic mass is 32.2. The van der Waals surface area contributed by atoms with E-state index in [0.717, 1.165) is 30.7 Å². The van der Waals surface area contributed by atoms with E-state index in [4.69, 9.17) is 4.74 Å². The summed E-state index contributed by atoms with van der Waals surface area (Å²) in [4.78, 5) is 15.0. The topological polar surface area (TPSA) is 75.7 Å². The van der Waals surface area contributed by atoms with E-state index in [9.17, 15) is 13.2 Å². The van der Waals surface area contributed by atoms with Gasteiger partial charge in [0, 0.05) is 18.4 Å². The number of methoxy groups -OCH3 is 1. The first-order valence-electron chi connectivity index (χ1n) is 9.26. The number of benzene rings is 2. The maximum Gasteiger partial charge on any atom is 0.251 e. The molecule has 0 saturated heterocycles. The van der Waals surface area contributed by atoms with Gasteiger partial charge in [-0.1, -0.05) is 26.0 Å². The van der Waals surface area contributed by atoms with E-state index in [0.29, 0.717) is 12.1 Å². The molecule has 0 radical (unpaired) electrons. The Bertz CT molecular complexity index is 891. The van der Waals surface area contributed by atoms with E-state index in [2.05, 4.69) is 24.1 Å². The smallest absolute Gasteiger partial charge is 0.251 e. The van der Waals surface area contributed by atoms with Gasteiger partial charge in [0.2, 0.25) is 0 Å². The van der Waals surface area contributed by atoms with Crippen LogP contribution in [0.1, 0.15) is 35.8 Å². The van der Waals surface area contributed by atoms with Crippen LogP contribution in [0.2, 0.25) is 0 Å². The molecular weight excluding hydrogens is 376 g/mol. The standard InChI is InChI=1S/C21H28N2O4S/c1-5-23(6-2)20(17-8-7-9-18(14-17)27-3)15-22-21(24)16-10-12-19(13-11-16)28(4,25)26/h7-14,20H,5-6,15H2,1-4H3,(H,22,24). The van der Waals surface area contributed by atoms with Crippen LogP contribution in [0.3, 0.4) is 0 Å². The molecule has 1 N–H and O–H groups in total. The summed E-state index contributed by atoms with van der Waals surface area (Å²) in [5.41, 5.74) is 1.49. The molecule has 0 aliphatic heterocycles. The van der Waals surface area contributed by atoms with E-state index in [-0.39, 0.29) is 16.8 Å². The van der Waals surface area contributed by atoms with Gasteiger partial charge in [-0.2, -0.15) is 0 Å². The predicted molar refractivity (Wildman–Crippen MR) is 111 cm³/mol. The van der Waals surface area contributed by atoms with Crippen LogP contribution in [0.4, 0.5) is 0 Å². The average Bonchev–Trinajstić information content (AvgIpc) is 2.70. The van der Waals surface area contributed by atoms with Crippen molar-refractivity contribution >= 4 is 15.7 Å². The van der Waals surface area contributed by atoms with E-state index in [1.54, 1.807) is 7.11 Å². The maximum atomic E-state index is 12.6. The summed E-state index contributed by atoms with van der Waals surface area (Å²) in [6, 6.07) is 13.8. The predicted octanol–water partition coefficient (Wildman–Crippen LogP) is 2.91. The lowest BCUT2D eigenvalue weighted by molar-refractivity contribution is 0.0935. The summed E-state index contributed by atoms with van der Waals surface area (Å²) in [6.07, 6.45) is 1.14. The van der Waals surface area contributed by atoms with Crippen molar-refractivity contribution < 1.29 is 17.9 Å². The highest BCUT2D eigenvalue weighted by Crippen LogP contribution is 2.24. The minimum absolute atomic E-state index is 0.00402. The van der Waals surface area contributed by atoms with Gasteiger partial charge in [-0.05, 0) is 55.1 Å². The zero-order valence-electron chi connectivity index (χ0n) is 16.8. The molecule has 0 aliphatic rings. The molecule has 0 aromatic heterocycles. The molecule has 0 fully saturated rings. The molecule has 2 aromatic rings. The van der Waals surface area contributed by atoms with Crippen LogP contribution in [0.5, 0.6) is 5.75 Å². The molecule has 7 heteroatoms. The van der Waals surface area contributed by atoms with Gasteiger partial charge in [-0.25, -0.2) is 8.42 Å². The van der Waals surface area contributed by atoms with Gasteiger partial charge in [0.1, 0.15) is 5.75 Å². The van der Waals surface area contributed by atoms with Gasteiger partial charge in [-0.15, -0.1) is 0 Å². The Morgan fingerprint density at radius 2 is 1.75 bits per heavy atom. The molecule has 0 heterocycles. The van der Waals surface area contributed by atoms with Crippen molar-refractivity contribution in [3.8, 4) is 5.75 Å². The third-order valence-electron chi connectivity index (χ3n) is 4.73. The largest absolute Gasteiger partial charge is 0.497 e. The fourth-order valence-corrected chi connectivity index (χ4v) is 3.75. The number of ether oxygens (including phenoxy) is 1. The number of nitrogens with zero attached hydrogens (tertiary/aromatic N) is 1. The van der Waals surface area contributed by atoms with Gasteiger partial charge in [-0.3, -0.25) is 9.69 Å². The third-order valence-corrected chi connectivity index (χ3v) is 5.86. The Hall–Kier alpha value is -2.38. The first-order chi connectivity index (χ1) is 13.3.